The second-order valence-corrected chi connectivity index (χ2v) is 2.70. The summed E-state index contributed by atoms with van der Waals surface area (Å²) in [6.45, 7) is 0. The first-order valence-electron chi connectivity index (χ1n) is 3.28. The molecule has 0 bridgehead atoms. The molecule has 0 amide bonds. The SMILES string of the molecule is N=C=CC=C(O)C1=CC=CSN1. The Morgan fingerprint density at radius 1 is 1.75 bits per heavy atom. The number of aliphatic hydroxyl groups excluding tert-OH is 1. The van der Waals surface area contributed by atoms with E-state index < -0.39 is 0 Å². The maximum atomic E-state index is 9.33. The van der Waals surface area contributed by atoms with Gasteiger partial charge in [-0.2, -0.15) is 0 Å². The molecule has 4 heteroatoms. The maximum absolute atomic E-state index is 9.33. The minimum atomic E-state index is 0.103. The van der Waals surface area contributed by atoms with Crippen molar-refractivity contribution < 1.29 is 5.11 Å². The fraction of sp³-hybridized carbons (Fsp3) is 0. The van der Waals surface area contributed by atoms with Gasteiger partial charge in [0.15, 0.2) is 0 Å². The van der Waals surface area contributed by atoms with Crippen LogP contribution in [0, 0.1) is 5.41 Å². The van der Waals surface area contributed by atoms with Gasteiger partial charge < -0.3 is 9.83 Å². The molecule has 1 aliphatic rings. The molecular formula is C8H8N2OS. The van der Waals surface area contributed by atoms with Crippen LogP contribution in [0.2, 0.25) is 0 Å². The van der Waals surface area contributed by atoms with E-state index >= 15 is 0 Å². The van der Waals surface area contributed by atoms with Gasteiger partial charge in [0.1, 0.15) is 5.76 Å². The Bertz CT molecular complexity index is 298. The van der Waals surface area contributed by atoms with Gasteiger partial charge in [-0.15, -0.1) is 0 Å². The van der Waals surface area contributed by atoms with E-state index in [4.69, 9.17) is 5.41 Å². The van der Waals surface area contributed by atoms with Crippen LogP contribution >= 0.6 is 11.9 Å². The fourth-order valence-electron chi connectivity index (χ4n) is 0.654. The van der Waals surface area contributed by atoms with Gasteiger partial charge in [0.2, 0.25) is 0 Å². The van der Waals surface area contributed by atoms with Crippen LogP contribution in [-0.4, -0.2) is 11.0 Å². The van der Waals surface area contributed by atoms with E-state index in [9.17, 15) is 5.11 Å². The predicted molar refractivity (Wildman–Crippen MR) is 51.0 cm³/mol. The van der Waals surface area contributed by atoms with Crippen molar-refractivity contribution in [3.8, 4) is 0 Å². The Hall–Kier alpha value is -1.38. The van der Waals surface area contributed by atoms with E-state index in [1.54, 1.807) is 6.08 Å². The van der Waals surface area contributed by atoms with Crippen LogP contribution in [0.15, 0.2) is 41.2 Å². The first kappa shape index (κ1) is 8.71. The molecule has 0 aliphatic carbocycles. The highest BCUT2D eigenvalue weighted by Crippen LogP contribution is 2.13. The molecule has 3 N–H and O–H groups in total. The molecule has 0 saturated heterocycles. The van der Waals surface area contributed by atoms with Gasteiger partial charge in [0.05, 0.1) is 5.70 Å². The molecular weight excluding hydrogens is 172 g/mol. The molecule has 0 fully saturated rings. The standard InChI is InChI=1S/C8H8N2OS/c9-5-1-4-8(11)7-3-2-6-12-10-7/h1-4,6,9-11H. The number of nitrogens with one attached hydrogen (secondary N) is 2. The molecule has 0 aromatic carbocycles. The van der Waals surface area contributed by atoms with E-state index in [0.717, 1.165) is 0 Å². The Morgan fingerprint density at radius 3 is 3.17 bits per heavy atom. The van der Waals surface area contributed by atoms with Crippen LogP contribution in [0.25, 0.3) is 0 Å². The van der Waals surface area contributed by atoms with Gasteiger partial charge in [-0.05, 0) is 35.4 Å². The van der Waals surface area contributed by atoms with Crippen molar-refractivity contribution >= 4 is 17.8 Å². The Morgan fingerprint density at radius 2 is 2.58 bits per heavy atom. The third-order valence-electron chi connectivity index (χ3n) is 1.18. The highest BCUT2D eigenvalue weighted by Gasteiger charge is 2.01. The molecule has 1 rings (SSSR count). The van der Waals surface area contributed by atoms with Crippen molar-refractivity contribution in [2.75, 3.05) is 0 Å². The largest absolute Gasteiger partial charge is 0.506 e. The molecule has 1 aliphatic heterocycles. The van der Waals surface area contributed by atoms with Gasteiger partial charge in [0.25, 0.3) is 0 Å². The molecule has 12 heavy (non-hydrogen) atoms. The monoisotopic (exact) mass is 180 g/mol. The van der Waals surface area contributed by atoms with E-state index in [2.05, 4.69) is 4.72 Å². The molecule has 0 aromatic heterocycles. The molecule has 0 unspecified atom stereocenters. The molecule has 3 nitrogen and oxygen atoms in total. The maximum Gasteiger partial charge on any atom is 0.140 e. The summed E-state index contributed by atoms with van der Waals surface area (Å²) in [6, 6.07) is 0. The zero-order valence-electron chi connectivity index (χ0n) is 6.24. The van der Waals surface area contributed by atoms with Crippen molar-refractivity contribution in [2.24, 2.45) is 0 Å². The second-order valence-electron chi connectivity index (χ2n) is 1.99. The minimum absolute atomic E-state index is 0.103. The van der Waals surface area contributed by atoms with Crippen molar-refractivity contribution in [3.63, 3.8) is 0 Å². The van der Waals surface area contributed by atoms with Crippen molar-refractivity contribution in [3.05, 3.63) is 41.2 Å². The Balaban J connectivity index is 2.75. The third kappa shape index (κ3) is 2.34. The lowest BCUT2D eigenvalue weighted by atomic mass is 10.3. The summed E-state index contributed by atoms with van der Waals surface area (Å²) in [5.74, 6) is 2.15. The van der Waals surface area contributed by atoms with Crippen LogP contribution < -0.4 is 4.72 Å². The average Bonchev–Trinajstić information content (AvgIpc) is 2.15. The molecule has 0 aromatic rings. The molecule has 0 radical (unpaired) electrons. The lowest BCUT2D eigenvalue weighted by molar-refractivity contribution is 0.420. The Kier molecular flexibility index (Phi) is 3.26. The third-order valence-corrected chi connectivity index (χ3v) is 1.81. The Labute approximate surface area is 74.8 Å². The summed E-state index contributed by atoms with van der Waals surface area (Å²) in [5.41, 5.74) is 0.633. The lowest BCUT2D eigenvalue weighted by Gasteiger charge is -2.08. The van der Waals surface area contributed by atoms with Gasteiger partial charge in [0, 0.05) is 6.08 Å². The van der Waals surface area contributed by atoms with E-state index in [0.29, 0.717) is 5.70 Å². The average molecular weight is 180 g/mol. The zero-order valence-corrected chi connectivity index (χ0v) is 7.06. The zero-order chi connectivity index (χ0) is 8.81. The van der Waals surface area contributed by atoms with E-state index in [1.165, 1.54) is 24.1 Å². The second kappa shape index (κ2) is 4.49. The molecule has 62 valence electrons. The normalized spacial score (nSPS) is 16.0. The van der Waals surface area contributed by atoms with Crippen molar-refractivity contribution in [2.45, 2.75) is 0 Å². The summed E-state index contributed by atoms with van der Waals surface area (Å²) in [5, 5.41) is 17.8. The number of hydrogen-bond acceptors (Lipinski definition) is 4. The van der Waals surface area contributed by atoms with Crippen molar-refractivity contribution in [1.29, 1.82) is 5.41 Å². The van der Waals surface area contributed by atoms with Crippen LogP contribution in [0.4, 0.5) is 0 Å². The fourth-order valence-corrected chi connectivity index (χ4v) is 1.18. The molecule has 0 spiro atoms. The van der Waals surface area contributed by atoms with Crippen LogP contribution in [0.1, 0.15) is 0 Å². The van der Waals surface area contributed by atoms with E-state index in [1.807, 2.05) is 17.4 Å². The van der Waals surface area contributed by atoms with Crippen LogP contribution in [0.5, 0.6) is 0 Å². The summed E-state index contributed by atoms with van der Waals surface area (Å²) < 4.78 is 2.89. The van der Waals surface area contributed by atoms with Crippen molar-refractivity contribution in [1.82, 2.24) is 4.72 Å². The summed E-state index contributed by atoms with van der Waals surface area (Å²) >= 11 is 1.38. The number of hydrogen-bond donors (Lipinski definition) is 3. The smallest absolute Gasteiger partial charge is 0.140 e. The quantitative estimate of drug-likeness (QED) is 0.263. The van der Waals surface area contributed by atoms with Gasteiger partial charge >= 0.3 is 0 Å². The number of rotatable bonds is 2. The highest BCUT2D eigenvalue weighted by atomic mass is 32.2. The molecule has 0 saturated carbocycles. The highest BCUT2D eigenvalue weighted by molar-refractivity contribution is 8.00. The lowest BCUT2D eigenvalue weighted by Crippen LogP contribution is -2.06. The first-order chi connectivity index (χ1) is 5.84. The predicted octanol–water partition coefficient (Wildman–Crippen LogP) is 1.88. The van der Waals surface area contributed by atoms with Crippen LogP contribution in [-0.2, 0) is 0 Å². The summed E-state index contributed by atoms with van der Waals surface area (Å²) in [7, 11) is 0. The van der Waals surface area contributed by atoms with Gasteiger partial charge in [-0.25, -0.2) is 0 Å². The first-order valence-corrected chi connectivity index (χ1v) is 4.16. The molecule has 1 heterocycles. The molecule has 0 atom stereocenters. The minimum Gasteiger partial charge on any atom is -0.506 e. The topological polar surface area (TPSA) is 56.1 Å². The van der Waals surface area contributed by atoms with Gasteiger partial charge in [-0.1, -0.05) is 6.08 Å². The number of allylic oxidation sites excluding steroid dienone is 4. The van der Waals surface area contributed by atoms with Crippen LogP contribution in [0.3, 0.4) is 0 Å². The van der Waals surface area contributed by atoms with E-state index in [-0.39, 0.29) is 5.76 Å². The van der Waals surface area contributed by atoms with Gasteiger partial charge in [-0.3, -0.25) is 5.41 Å². The summed E-state index contributed by atoms with van der Waals surface area (Å²) in [6.07, 6.45) is 6.32. The number of aliphatic hydroxyl groups is 1. The summed E-state index contributed by atoms with van der Waals surface area (Å²) in [4.78, 5) is 0.